The minimum absolute atomic E-state index is 0.0866. The Morgan fingerprint density at radius 1 is 0.530 bits per heavy atom. The van der Waals surface area contributed by atoms with E-state index in [1.807, 2.05) is 39.8 Å². The molecular formula is C48H46Cl4N8O6. The number of azo groups is 2. The number of anilines is 4. The molecule has 5 aromatic rings. The maximum Gasteiger partial charge on any atom is 0.258 e. The highest BCUT2D eigenvalue weighted by molar-refractivity contribution is 6.35. The Hall–Kier alpha value is -6.32. The van der Waals surface area contributed by atoms with Crippen LogP contribution in [0.5, 0.6) is 0 Å². The van der Waals surface area contributed by atoms with Crippen LogP contribution >= 0.6 is 46.4 Å². The van der Waals surface area contributed by atoms with Crippen LogP contribution in [-0.2, 0) is 32.0 Å². The summed E-state index contributed by atoms with van der Waals surface area (Å²) in [5, 5.41) is 27.2. The van der Waals surface area contributed by atoms with Crippen molar-refractivity contribution in [1.82, 2.24) is 0 Å². The predicted molar refractivity (Wildman–Crippen MR) is 261 cm³/mol. The van der Waals surface area contributed by atoms with E-state index in [-0.39, 0.29) is 43.3 Å². The molecule has 0 saturated carbocycles. The lowest BCUT2D eigenvalue weighted by atomic mass is 9.98. The van der Waals surface area contributed by atoms with E-state index >= 15 is 0 Å². The molecule has 4 N–H and O–H groups in total. The van der Waals surface area contributed by atoms with Crippen LogP contribution in [0.1, 0.15) is 95.3 Å². The standard InChI is InChI=1S/C48H46Cl4N8O6/c1-7-35-36(8-2)42(56-48(66)44(28(6)62)60-58-34-16-18-40(52)38(24-34)46(64)54-32-14-10-12-30(22-32)26(4)50)20-19-41(35)55-47(65)43(27(5)61)59-57-33-15-17-39(51)37(23-33)45(63)53-31-13-9-11-29(21-31)25(3)49/h9-26,43-44H,7-8H2,1-6H3,(H,53,63)(H,54,64)(H,55,65)(H,56,66). The van der Waals surface area contributed by atoms with Gasteiger partial charge >= 0.3 is 0 Å². The first-order valence-corrected chi connectivity index (χ1v) is 22.3. The van der Waals surface area contributed by atoms with Crippen LogP contribution in [-0.4, -0.2) is 47.3 Å². The van der Waals surface area contributed by atoms with E-state index in [2.05, 4.69) is 41.7 Å². The highest BCUT2D eigenvalue weighted by Crippen LogP contribution is 2.31. The topological polar surface area (TPSA) is 200 Å². The average molecular weight is 973 g/mol. The summed E-state index contributed by atoms with van der Waals surface area (Å²) in [6.45, 7) is 9.73. The second-order valence-electron chi connectivity index (χ2n) is 15.0. The fraction of sp³-hybridized carbons (Fsp3) is 0.250. The molecule has 4 atom stereocenters. The lowest BCUT2D eigenvalue weighted by Gasteiger charge is -2.20. The lowest BCUT2D eigenvalue weighted by molar-refractivity contribution is -0.127. The molecule has 0 heterocycles. The number of ketones is 2. The van der Waals surface area contributed by atoms with E-state index < -0.39 is 47.3 Å². The fourth-order valence-electron chi connectivity index (χ4n) is 6.65. The minimum Gasteiger partial charge on any atom is -0.323 e. The molecule has 342 valence electrons. The summed E-state index contributed by atoms with van der Waals surface area (Å²) in [5.41, 5.74) is 5.17. The van der Waals surface area contributed by atoms with E-state index in [0.29, 0.717) is 46.7 Å². The number of nitrogens with zero attached hydrogens (tertiary/aromatic N) is 4. The van der Waals surface area contributed by atoms with Crippen LogP contribution in [0.15, 0.2) is 118 Å². The highest BCUT2D eigenvalue weighted by Gasteiger charge is 2.27. The Bertz CT molecular complexity index is 2560. The number of benzene rings is 5. The summed E-state index contributed by atoms with van der Waals surface area (Å²) >= 11 is 25.1. The molecular weight excluding hydrogens is 926 g/mol. The quantitative estimate of drug-likeness (QED) is 0.0382. The van der Waals surface area contributed by atoms with Crippen molar-refractivity contribution >= 4 is 116 Å². The Balaban J connectivity index is 1.30. The van der Waals surface area contributed by atoms with Gasteiger partial charge in [-0.05, 0) is 136 Å². The number of halogens is 4. The van der Waals surface area contributed by atoms with Crippen LogP contribution in [0, 0.1) is 0 Å². The predicted octanol–water partition coefficient (Wildman–Crippen LogP) is 12.6. The van der Waals surface area contributed by atoms with Gasteiger partial charge in [0, 0.05) is 22.7 Å². The van der Waals surface area contributed by atoms with Crippen LogP contribution in [0.25, 0.3) is 0 Å². The number of hydrogen-bond acceptors (Lipinski definition) is 10. The molecule has 0 radical (unpaired) electrons. The molecule has 0 saturated heterocycles. The smallest absolute Gasteiger partial charge is 0.258 e. The zero-order valence-electron chi connectivity index (χ0n) is 36.7. The minimum atomic E-state index is -1.56. The molecule has 5 rings (SSSR count). The number of carbonyl (C=O) groups is 6. The van der Waals surface area contributed by atoms with Gasteiger partial charge in [0.05, 0.1) is 43.3 Å². The highest BCUT2D eigenvalue weighted by atomic mass is 35.5. The molecule has 0 spiro atoms. The van der Waals surface area contributed by atoms with Crippen molar-refractivity contribution in [3.05, 3.63) is 140 Å². The summed E-state index contributed by atoms with van der Waals surface area (Å²) in [5.74, 6) is -3.77. The SMILES string of the molecule is CCc1c(NC(=O)C(N=Nc2ccc(Cl)c(C(=O)Nc3cccc(C(C)Cl)c3)c2)C(C)=O)ccc(NC(=O)C(N=Nc2ccc(Cl)c(C(=O)Nc3cccc(C(C)Cl)c3)c2)C(C)=O)c1CC. The number of Topliss-reactive ketones (excluding diaryl/α,β-unsaturated/α-hetero) is 2. The first-order valence-electron chi connectivity index (χ1n) is 20.7. The maximum absolute atomic E-state index is 13.6. The number of nitrogens with one attached hydrogen (secondary N) is 4. The van der Waals surface area contributed by atoms with Gasteiger partial charge in [-0.3, -0.25) is 28.8 Å². The van der Waals surface area contributed by atoms with Crippen LogP contribution < -0.4 is 21.3 Å². The van der Waals surface area contributed by atoms with Crippen molar-refractivity contribution in [2.24, 2.45) is 20.5 Å². The summed E-state index contributed by atoms with van der Waals surface area (Å²) < 4.78 is 0. The molecule has 66 heavy (non-hydrogen) atoms. The zero-order valence-corrected chi connectivity index (χ0v) is 39.7. The Morgan fingerprint density at radius 3 is 1.24 bits per heavy atom. The Morgan fingerprint density at radius 2 is 0.909 bits per heavy atom. The lowest BCUT2D eigenvalue weighted by Crippen LogP contribution is -2.33. The molecule has 0 fully saturated rings. The summed E-state index contributed by atoms with van der Waals surface area (Å²) in [7, 11) is 0. The van der Waals surface area contributed by atoms with Gasteiger partial charge in [0.2, 0.25) is 12.1 Å². The molecule has 4 unspecified atom stereocenters. The van der Waals surface area contributed by atoms with Crippen molar-refractivity contribution in [2.45, 2.75) is 77.2 Å². The average Bonchev–Trinajstić information content (AvgIpc) is 3.27. The normalized spacial score (nSPS) is 13.1. The van der Waals surface area contributed by atoms with E-state index in [1.54, 1.807) is 48.5 Å². The second kappa shape index (κ2) is 23.2. The third-order valence-electron chi connectivity index (χ3n) is 10.1. The molecule has 18 heteroatoms. The molecule has 14 nitrogen and oxygen atoms in total. The number of rotatable bonds is 18. The summed E-state index contributed by atoms with van der Waals surface area (Å²) in [6, 6.07) is 22.8. The van der Waals surface area contributed by atoms with Crippen molar-refractivity contribution < 1.29 is 28.8 Å². The van der Waals surface area contributed by atoms with Gasteiger partial charge in [-0.2, -0.15) is 20.5 Å². The van der Waals surface area contributed by atoms with Gasteiger partial charge < -0.3 is 21.3 Å². The molecule has 0 aromatic heterocycles. The first kappa shape index (κ1) is 50.7. The summed E-state index contributed by atoms with van der Waals surface area (Å²) in [6.07, 6.45) is 0.804. The monoisotopic (exact) mass is 970 g/mol. The third-order valence-corrected chi connectivity index (χ3v) is 11.3. The molecule has 0 aliphatic carbocycles. The van der Waals surface area contributed by atoms with Gasteiger partial charge in [0.1, 0.15) is 0 Å². The third kappa shape index (κ3) is 13.2. The van der Waals surface area contributed by atoms with Gasteiger partial charge in [-0.15, -0.1) is 23.2 Å². The molecule has 5 aromatic carbocycles. The summed E-state index contributed by atoms with van der Waals surface area (Å²) in [4.78, 5) is 79.1. The van der Waals surface area contributed by atoms with E-state index in [4.69, 9.17) is 46.4 Å². The molecule has 4 amide bonds. The molecule has 0 bridgehead atoms. The van der Waals surface area contributed by atoms with E-state index in [0.717, 1.165) is 11.1 Å². The number of carbonyl (C=O) groups excluding carboxylic acids is 6. The molecule has 0 aliphatic rings. The van der Waals surface area contributed by atoms with Gasteiger partial charge in [0.15, 0.2) is 11.6 Å². The Labute approximate surface area is 402 Å². The van der Waals surface area contributed by atoms with Crippen molar-refractivity contribution in [1.29, 1.82) is 0 Å². The van der Waals surface area contributed by atoms with Crippen LogP contribution in [0.2, 0.25) is 10.0 Å². The second-order valence-corrected chi connectivity index (χ2v) is 17.1. The van der Waals surface area contributed by atoms with E-state index in [1.165, 1.54) is 50.2 Å². The fourth-order valence-corrected chi connectivity index (χ4v) is 7.32. The van der Waals surface area contributed by atoms with Gasteiger partial charge in [0.25, 0.3) is 23.6 Å². The maximum atomic E-state index is 13.6. The number of alkyl halides is 2. The van der Waals surface area contributed by atoms with Crippen LogP contribution in [0.3, 0.4) is 0 Å². The van der Waals surface area contributed by atoms with Crippen molar-refractivity contribution in [2.75, 3.05) is 21.3 Å². The molecule has 0 aliphatic heterocycles. The van der Waals surface area contributed by atoms with Crippen molar-refractivity contribution in [3.8, 4) is 0 Å². The first-order chi connectivity index (χ1) is 31.4. The number of amides is 4. The van der Waals surface area contributed by atoms with Gasteiger partial charge in [-0.1, -0.05) is 61.3 Å². The van der Waals surface area contributed by atoms with Gasteiger partial charge in [-0.25, -0.2) is 0 Å². The van der Waals surface area contributed by atoms with Crippen molar-refractivity contribution in [3.63, 3.8) is 0 Å². The zero-order chi connectivity index (χ0) is 48.2. The van der Waals surface area contributed by atoms with Crippen LogP contribution in [0.4, 0.5) is 34.1 Å². The largest absolute Gasteiger partial charge is 0.323 e. The van der Waals surface area contributed by atoms with E-state index in [9.17, 15) is 28.8 Å². The number of hydrogen-bond donors (Lipinski definition) is 4. The Kier molecular flexibility index (Phi) is 17.8.